The van der Waals surface area contributed by atoms with Crippen LogP contribution >= 0.6 is 11.8 Å². The highest BCUT2D eigenvalue weighted by Gasteiger charge is 2.32. The maximum Gasteiger partial charge on any atom is 0.245 e. The lowest BCUT2D eigenvalue weighted by Gasteiger charge is -2.36. The van der Waals surface area contributed by atoms with Gasteiger partial charge in [0.25, 0.3) is 0 Å². The van der Waals surface area contributed by atoms with E-state index in [2.05, 4.69) is 10.2 Å². The first kappa shape index (κ1) is 18.8. The van der Waals surface area contributed by atoms with Gasteiger partial charge in [0.05, 0.1) is 6.54 Å². The zero-order valence-electron chi connectivity index (χ0n) is 14.5. The van der Waals surface area contributed by atoms with Gasteiger partial charge in [0.15, 0.2) is 0 Å². The summed E-state index contributed by atoms with van der Waals surface area (Å²) in [6, 6.07) is 9.62. The van der Waals surface area contributed by atoms with Crippen LogP contribution in [0.15, 0.2) is 30.3 Å². The second kappa shape index (κ2) is 9.69. The van der Waals surface area contributed by atoms with Crippen molar-refractivity contribution in [3.63, 3.8) is 0 Å². The summed E-state index contributed by atoms with van der Waals surface area (Å²) in [5.74, 6) is 1.98. The molecule has 0 aromatic heterocycles. The number of hydrogen-bond acceptors (Lipinski definition) is 4. The quantitative estimate of drug-likeness (QED) is 0.815. The Morgan fingerprint density at radius 1 is 1.25 bits per heavy atom. The summed E-state index contributed by atoms with van der Waals surface area (Å²) in [5, 5.41) is 2.62. The van der Waals surface area contributed by atoms with Crippen LogP contribution in [0.1, 0.15) is 24.9 Å². The molecule has 2 amide bonds. The maximum absolute atomic E-state index is 13.3. The molecule has 24 heavy (non-hydrogen) atoms. The normalized spacial score (nSPS) is 16.4. The zero-order chi connectivity index (χ0) is 17.4. The maximum atomic E-state index is 13.3. The van der Waals surface area contributed by atoms with Crippen LogP contribution < -0.4 is 5.32 Å². The van der Waals surface area contributed by atoms with E-state index in [1.165, 1.54) is 0 Å². The van der Waals surface area contributed by atoms with Crippen molar-refractivity contribution >= 4 is 23.6 Å². The van der Waals surface area contributed by atoms with Crippen molar-refractivity contribution in [2.45, 2.75) is 19.4 Å². The van der Waals surface area contributed by atoms with E-state index >= 15 is 0 Å². The van der Waals surface area contributed by atoms with Crippen LogP contribution in [0.2, 0.25) is 0 Å². The topological polar surface area (TPSA) is 52.7 Å². The van der Waals surface area contributed by atoms with Gasteiger partial charge in [-0.1, -0.05) is 37.3 Å². The van der Waals surface area contributed by atoms with Crippen LogP contribution in [0.25, 0.3) is 0 Å². The third kappa shape index (κ3) is 4.98. The molecule has 132 valence electrons. The second-order valence-corrected chi connectivity index (χ2v) is 7.12. The summed E-state index contributed by atoms with van der Waals surface area (Å²) in [5.41, 5.74) is 1.01. The van der Waals surface area contributed by atoms with Crippen molar-refractivity contribution in [2.75, 3.05) is 44.7 Å². The molecule has 1 saturated heterocycles. The van der Waals surface area contributed by atoms with Gasteiger partial charge in [-0.15, -0.1) is 0 Å². The smallest absolute Gasteiger partial charge is 0.245 e. The van der Waals surface area contributed by atoms with Gasteiger partial charge in [-0.25, -0.2) is 0 Å². The number of amides is 2. The molecule has 6 heteroatoms. The fraction of sp³-hybridized carbons (Fsp3) is 0.556. The number of likely N-dealkylation sites (N-methyl/N-ethyl adjacent to an activating group) is 1. The number of carbonyl (C=O) groups excluding carboxylic acids is 2. The Labute approximate surface area is 148 Å². The standard InChI is InChI=1S/C18H27N3O2S/c1-3-9-21(14-16(22)19-2)18(23)17(15-7-5-4-6-8-15)20-10-12-24-13-11-20/h4-8,17H,3,9-14H2,1-2H3,(H,19,22)/t17-/m1/s1. The first-order valence-electron chi connectivity index (χ1n) is 8.53. The van der Waals surface area contributed by atoms with Crippen molar-refractivity contribution < 1.29 is 9.59 Å². The highest BCUT2D eigenvalue weighted by atomic mass is 32.2. The Morgan fingerprint density at radius 2 is 1.92 bits per heavy atom. The van der Waals surface area contributed by atoms with Crippen LogP contribution in [-0.2, 0) is 9.59 Å². The lowest BCUT2D eigenvalue weighted by molar-refractivity contribution is -0.140. The number of thioether (sulfide) groups is 1. The number of hydrogen-bond donors (Lipinski definition) is 1. The van der Waals surface area contributed by atoms with Gasteiger partial charge in [-0.2, -0.15) is 11.8 Å². The summed E-state index contributed by atoms with van der Waals surface area (Å²) in [4.78, 5) is 29.0. The molecule has 1 heterocycles. The van der Waals surface area contributed by atoms with Gasteiger partial charge < -0.3 is 10.2 Å². The van der Waals surface area contributed by atoms with Crippen LogP contribution in [0, 0.1) is 0 Å². The Kier molecular flexibility index (Phi) is 7.59. The third-order valence-electron chi connectivity index (χ3n) is 4.18. The van der Waals surface area contributed by atoms with E-state index in [9.17, 15) is 9.59 Å². The zero-order valence-corrected chi connectivity index (χ0v) is 15.3. The van der Waals surface area contributed by atoms with E-state index in [0.29, 0.717) is 6.54 Å². The fourth-order valence-corrected chi connectivity index (χ4v) is 3.87. The number of rotatable bonds is 7. The van der Waals surface area contributed by atoms with Crippen LogP contribution in [0.3, 0.4) is 0 Å². The first-order chi connectivity index (χ1) is 11.7. The minimum absolute atomic E-state index is 0.0264. The Bertz CT molecular complexity index is 532. The molecule has 2 rings (SSSR count). The van der Waals surface area contributed by atoms with Gasteiger partial charge in [-0.3, -0.25) is 14.5 Å². The van der Waals surface area contributed by atoms with Crippen molar-refractivity contribution in [1.29, 1.82) is 0 Å². The third-order valence-corrected chi connectivity index (χ3v) is 5.12. The summed E-state index contributed by atoms with van der Waals surface area (Å²) < 4.78 is 0. The SMILES string of the molecule is CCCN(CC(=O)NC)C(=O)[C@@H](c1ccccc1)N1CCSCC1. The highest BCUT2D eigenvalue weighted by molar-refractivity contribution is 7.99. The average Bonchev–Trinajstić information content (AvgIpc) is 2.63. The van der Waals surface area contributed by atoms with Gasteiger partial charge in [-0.05, 0) is 12.0 Å². The van der Waals surface area contributed by atoms with Gasteiger partial charge in [0.1, 0.15) is 6.04 Å². The predicted octanol–water partition coefficient (Wildman–Crippen LogP) is 1.76. The molecule has 0 radical (unpaired) electrons. The van der Waals surface area contributed by atoms with E-state index in [-0.39, 0.29) is 24.4 Å². The minimum Gasteiger partial charge on any atom is -0.358 e. The molecule has 0 spiro atoms. The summed E-state index contributed by atoms with van der Waals surface area (Å²) in [7, 11) is 1.60. The van der Waals surface area contributed by atoms with E-state index < -0.39 is 0 Å². The minimum atomic E-state index is -0.302. The largest absolute Gasteiger partial charge is 0.358 e. The summed E-state index contributed by atoms with van der Waals surface area (Å²) in [6.45, 7) is 4.54. The van der Waals surface area contributed by atoms with Gasteiger partial charge in [0, 0.05) is 38.2 Å². The van der Waals surface area contributed by atoms with Gasteiger partial charge in [0.2, 0.25) is 11.8 Å². The highest BCUT2D eigenvalue weighted by Crippen LogP contribution is 2.26. The van der Waals surface area contributed by atoms with Crippen molar-refractivity contribution in [1.82, 2.24) is 15.1 Å². The summed E-state index contributed by atoms with van der Waals surface area (Å²) in [6.07, 6.45) is 0.833. The van der Waals surface area contributed by atoms with Crippen LogP contribution in [0.4, 0.5) is 0 Å². The summed E-state index contributed by atoms with van der Waals surface area (Å²) >= 11 is 1.93. The van der Waals surface area contributed by atoms with Gasteiger partial charge >= 0.3 is 0 Å². The molecule has 0 bridgehead atoms. The van der Waals surface area contributed by atoms with E-state index in [0.717, 1.165) is 36.6 Å². The number of nitrogens with zero attached hydrogens (tertiary/aromatic N) is 2. The van der Waals surface area contributed by atoms with E-state index in [1.807, 2.05) is 49.0 Å². The number of benzene rings is 1. The molecule has 0 unspecified atom stereocenters. The van der Waals surface area contributed by atoms with Crippen molar-refractivity contribution in [2.24, 2.45) is 0 Å². The lowest BCUT2D eigenvalue weighted by Crippen LogP contribution is -2.48. The molecular formula is C18H27N3O2S. The first-order valence-corrected chi connectivity index (χ1v) is 9.69. The molecule has 0 saturated carbocycles. The monoisotopic (exact) mass is 349 g/mol. The van der Waals surface area contributed by atoms with Crippen LogP contribution in [-0.4, -0.2) is 66.3 Å². The average molecular weight is 350 g/mol. The molecule has 1 aliphatic rings. The fourth-order valence-electron chi connectivity index (χ4n) is 2.94. The molecule has 1 fully saturated rings. The second-order valence-electron chi connectivity index (χ2n) is 5.89. The predicted molar refractivity (Wildman–Crippen MR) is 99.0 cm³/mol. The Hall–Kier alpha value is -1.53. The van der Waals surface area contributed by atoms with Crippen molar-refractivity contribution in [3.05, 3.63) is 35.9 Å². The molecule has 1 N–H and O–H groups in total. The van der Waals surface area contributed by atoms with E-state index in [4.69, 9.17) is 0 Å². The van der Waals surface area contributed by atoms with Crippen molar-refractivity contribution in [3.8, 4) is 0 Å². The number of nitrogens with one attached hydrogen (secondary N) is 1. The molecule has 1 aromatic carbocycles. The molecule has 1 atom stereocenters. The molecule has 5 nitrogen and oxygen atoms in total. The molecule has 1 aromatic rings. The van der Waals surface area contributed by atoms with Crippen LogP contribution in [0.5, 0.6) is 0 Å². The lowest BCUT2D eigenvalue weighted by atomic mass is 10.0. The Balaban J connectivity index is 2.26. The van der Waals surface area contributed by atoms with E-state index in [1.54, 1.807) is 11.9 Å². The molecular weight excluding hydrogens is 322 g/mol. The molecule has 1 aliphatic heterocycles. The number of carbonyl (C=O) groups is 2. The Morgan fingerprint density at radius 3 is 2.50 bits per heavy atom. The molecule has 0 aliphatic carbocycles.